The van der Waals surface area contributed by atoms with Crippen LogP contribution < -0.4 is 0 Å². The van der Waals surface area contributed by atoms with Crippen molar-refractivity contribution in [2.75, 3.05) is 5.75 Å². The van der Waals surface area contributed by atoms with Gasteiger partial charge in [0, 0.05) is 0 Å². The zero-order valence-electron chi connectivity index (χ0n) is 6.56. The molecule has 2 rings (SSSR count). The van der Waals surface area contributed by atoms with Gasteiger partial charge in [-0.1, -0.05) is 0 Å². The Bertz CT molecular complexity index is 350. The summed E-state index contributed by atoms with van der Waals surface area (Å²) in [6, 6.07) is 3.46. The first-order valence-electron chi connectivity index (χ1n) is 3.95. The van der Waals surface area contributed by atoms with Gasteiger partial charge in [0.25, 0.3) is 0 Å². The van der Waals surface area contributed by atoms with Crippen LogP contribution in [0.2, 0.25) is 0 Å². The van der Waals surface area contributed by atoms with Crippen LogP contribution >= 0.6 is 0 Å². The van der Waals surface area contributed by atoms with E-state index in [4.69, 9.17) is 4.42 Å². The standard InChI is InChI=1S/C8H10O3S/c9-12(10)6-2-4-8(12)7-3-1-5-11-7/h1,3,5,8H,2,4,6H2. The van der Waals surface area contributed by atoms with Crippen molar-refractivity contribution in [1.82, 2.24) is 0 Å². The maximum Gasteiger partial charge on any atom is 0.160 e. The summed E-state index contributed by atoms with van der Waals surface area (Å²) in [5.41, 5.74) is 0. The quantitative estimate of drug-likeness (QED) is 0.668. The molecular weight excluding hydrogens is 176 g/mol. The van der Waals surface area contributed by atoms with E-state index in [-0.39, 0.29) is 5.25 Å². The lowest BCUT2D eigenvalue weighted by atomic mass is 10.2. The molecule has 1 saturated heterocycles. The van der Waals surface area contributed by atoms with Crippen LogP contribution in [0.25, 0.3) is 0 Å². The highest BCUT2D eigenvalue weighted by Crippen LogP contribution is 2.34. The Labute approximate surface area is 71.3 Å². The highest BCUT2D eigenvalue weighted by molar-refractivity contribution is 7.91. The third-order valence-electron chi connectivity index (χ3n) is 2.19. The van der Waals surface area contributed by atoms with Crippen LogP contribution in [0.1, 0.15) is 23.9 Å². The van der Waals surface area contributed by atoms with Gasteiger partial charge in [-0.25, -0.2) is 8.42 Å². The molecule has 0 bridgehead atoms. The molecular formula is C8H10O3S. The van der Waals surface area contributed by atoms with Crippen molar-refractivity contribution in [2.45, 2.75) is 18.1 Å². The first-order valence-corrected chi connectivity index (χ1v) is 5.67. The van der Waals surface area contributed by atoms with Crippen LogP contribution in [0.5, 0.6) is 0 Å². The third kappa shape index (κ3) is 1.16. The van der Waals surface area contributed by atoms with E-state index < -0.39 is 9.84 Å². The number of hydrogen-bond donors (Lipinski definition) is 0. The van der Waals surface area contributed by atoms with Gasteiger partial charge in [0.1, 0.15) is 11.0 Å². The lowest BCUT2D eigenvalue weighted by Crippen LogP contribution is -2.06. The minimum Gasteiger partial charge on any atom is -0.468 e. The van der Waals surface area contributed by atoms with Crippen molar-refractivity contribution in [2.24, 2.45) is 0 Å². The molecule has 12 heavy (non-hydrogen) atoms. The Morgan fingerprint density at radius 3 is 2.83 bits per heavy atom. The van der Waals surface area contributed by atoms with Crippen LogP contribution in [-0.2, 0) is 9.84 Å². The molecule has 1 aromatic heterocycles. The predicted molar refractivity (Wildman–Crippen MR) is 44.5 cm³/mol. The Balaban J connectivity index is 2.37. The van der Waals surface area contributed by atoms with Crippen molar-refractivity contribution in [1.29, 1.82) is 0 Å². The molecule has 1 aliphatic rings. The first-order chi connectivity index (χ1) is 5.70. The molecule has 2 heterocycles. The van der Waals surface area contributed by atoms with E-state index in [0.717, 1.165) is 6.42 Å². The fraction of sp³-hybridized carbons (Fsp3) is 0.500. The van der Waals surface area contributed by atoms with E-state index in [2.05, 4.69) is 0 Å². The molecule has 0 N–H and O–H groups in total. The summed E-state index contributed by atoms with van der Waals surface area (Å²) in [7, 11) is -2.90. The average Bonchev–Trinajstić information content (AvgIpc) is 2.55. The molecule has 0 spiro atoms. The maximum absolute atomic E-state index is 11.4. The second kappa shape index (κ2) is 2.62. The van der Waals surface area contributed by atoms with Gasteiger partial charge < -0.3 is 4.42 Å². The van der Waals surface area contributed by atoms with Crippen molar-refractivity contribution in [3.05, 3.63) is 24.2 Å². The van der Waals surface area contributed by atoms with Crippen LogP contribution in [0.3, 0.4) is 0 Å². The third-order valence-corrected chi connectivity index (χ3v) is 4.38. The van der Waals surface area contributed by atoms with Crippen molar-refractivity contribution >= 4 is 9.84 Å². The van der Waals surface area contributed by atoms with Gasteiger partial charge in [-0.15, -0.1) is 0 Å². The maximum atomic E-state index is 11.4. The van der Waals surface area contributed by atoms with Crippen LogP contribution in [-0.4, -0.2) is 14.2 Å². The van der Waals surface area contributed by atoms with E-state index in [0.29, 0.717) is 17.9 Å². The van der Waals surface area contributed by atoms with Gasteiger partial charge in [-0.3, -0.25) is 0 Å². The average molecular weight is 186 g/mol. The van der Waals surface area contributed by atoms with Crippen molar-refractivity contribution < 1.29 is 12.8 Å². The highest BCUT2D eigenvalue weighted by atomic mass is 32.2. The fourth-order valence-corrected chi connectivity index (χ4v) is 3.45. The molecule has 0 aromatic carbocycles. The lowest BCUT2D eigenvalue weighted by Gasteiger charge is -2.03. The second-order valence-electron chi connectivity index (χ2n) is 3.01. The smallest absolute Gasteiger partial charge is 0.160 e. The van der Waals surface area contributed by atoms with E-state index in [1.54, 1.807) is 12.1 Å². The molecule has 4 heteroatoms. The van der Waals surface area contributed by atoms with E-state index in [1.165, 1.54) is 6.26 Å². The molecule has 0 saturated carbocycles. The Kier molecular flexibility index (Phi) is 1.72. The van der Waals surface area contributed by atoms with Crippen LogP contribution in [0.4, 0.5) is 0 Å². The summed E-state index contributed by atoms with van der Waals surface area (Å²) in [6.45, 7) is 0. The minimum atomic E-state index is -2.90. The molecule has 1 aliphatic heterocycles. The summed E-state index contributed by atoms with van der Waals surface area (Å²) in [6.07, 6.45) is 2.98. The number of rotatable bonds is 1. The Hall–Kier alpha value is -0.770. The molecule has 1 atom stereocenters. The molecule has 1 fully saturated rings. The van der Waals surface area contributed by atoms with Gasteiger partial charge in [0.2, 0.25) is 0 Å². The van der Waals surface area contributed by atoms with Gasteiger partial charge in [-0.2, -0.15) is 0 Å². The second-order valence-corrected chi connectivity index (χ2v) is 5.32. The minimum absolute atomic E-state index is 0.304. The number of hydrogen-bond acceptors (Lipinski definition) is 3. The van der Waals surface area contributed by atoms with E-state index in [1.807, 2.05) is 0 Å². The van der Waals surface area contributed by atoms with E-state index in [9.17, 15) is 8.42 Å². The summed E-state index contributed by atoms with van der Waals surface area (Å²) in [4.78, 5) is 0. The summed E-state index contributed by atoms with van der Waals surface area (Å²) < 4.78 is 27.9. The summed E-state index contributed by atoms with van der Waals surface area (Å²) in [5, 5.41) is -0.382. The Morgan fingerprint density at radius 2 is 2.33 bits per heavy atom. The van der Waals surface area contributed by atoms with Gasteiger partial charge in [0.15, 0.2) is 9.84 Å². The van der Waals surface area contributed by atoms with Crippen molar-refractivity contribution in [3.63, 3.8) is 0 Å². The van der Waals surface area contributed by atoms with Gasteiger partial charge in [-0.05, 0) is 25.0 Å². The highest BCUT2D eigenvalue weighted by Gasteiger charge is 2.34. The summed E-state index contributed by atoms with van der Waals surface area (Å²) >= 11 is 0. The molecule has 0 radical (unpaired) electrons. The van der Waals surface area contributed by atoms with E-state index >= 15 is 0 Å². The SMILES string of the molecule is O=S1(=O)CCCC1c1ccco1. The molecule has 3 nitrogen and oxygen atoms in total. The zero-order chi connectivity index (χ0) is 8.60. The Morgan fingerprint density at radius 1 is 1.50 bits per heavy atom. The molecule has 0 aliphatic carbocycles. The zero-order valence-corrected chi connectivity index (χ0v) is 7.38. The van der Waals surface area contributed by atoms with Crippen molar-refractivity contribution in [3.8, 4) is 0 Å². The molecule has 0 amide bonds. The largest absolute Gasteiger partial charge is 0.468 e. The van der Waals surface area contributed by atoms with Crippen LogP contribution in [0, 0.1) is 0 Å². The van der Waals surface area contributed by atoms with Gasteiger partial charge >= 0.3 is 0 Å². The fourth-order valence-electron chi connectivity index (χ4n) is 1.59. The number of furan rings is 1. The normalized spacial score (nSPS) is 27.5. The lowest BCUT2D eigenvalue weighted by molar-refractivity contribution is 0.491. The van der Waals surface area contributed by atoms with Gasteiger partial charge in [0.05, 0.1) is 12.0 Å². The summed E-state index contributed by atoms with van der Waals surface area (Å²) in [5.74, 6) is 0.894. The predicted octanol–water partition coefficient (Wildman–Crippen LogP) is 1.53. The topological polar surface area (TPSA) is 47.3 Å². The van der Waals surface area contributed by atoms with Crippen LogP contribution in [0.15, 0.2) is 22.8 Å². The molecule has 1 unspecified atom stereocenters. The molecule has 66 valence electrons. The number of sulfone groups is 1. The first kappa shape index (κ1) is 7.86. The molecule has 1 aromatic rings. The monoisotopic (exact) mass is 186 g/mol.